The highest BCUT2D eigenvalue weighted by molar-refractivity contribution is 7.46. The van der Waals surface area contributed by atoms with Crippen LogP contribution in [0.3, 0.4) is 0 Å². The molecule has 0 amide bonds. The van der Waals surface area contributed by atoms with Crippen molar-refractivity contribution >= 4 is 24.7 Å². The molecule has 0 spiro atoms. The van der Waals surface area contributed by atoms with Gasteiger partial charge in [0, 0.05) is 6.20 Å². The first-order valence-corrected chi connectivity index (χ1v) is 8.31. The van der Waals surface area contributed by atoms with Crippen LogP contribution in [0.1, 0.15) is 19.6 Å². The van der Waals surface area contributed by atoms with Crippen molar-refractivity contribution in [3.05, 3.63) is 18.6 Å². The summed E-state index contributed by atoms with van der Waals surface area (Å²) in [6, 6.07) is 1.82. The van der Waals surface area contributed by atoms with Crippen molar-refractivity contribution in [3.8, 4) is 0 Å². The minimum Gasteiger partial charge on any atom is -0.383 e. The molecule has 0 aromatic carbocycles. The lowest BCUT2D eigenvalue weighted by molar-refractivity contribution is -0.0271. The van der Waals surface area contributed by atoms with Crippen LogP contribution in [0, 0.1) is 5.92 Å². The summed E-state index contributed by atoms with van der Waals surface area (Å²) in [5.74, 6) is 0.490. The number of ether oxygens (including phenoxy) is 1. The molecule has 3 atom stereocenters. The lowest BCUT2D eigenvalue weighted by atomic mass is 10.0. The summed E-state index contributed by atoms with van der Waals surface area (Å²) in [5.41, 5.74) is 6.47. The molecule has 1 aliphatic rings. The van der Waals surface area contributed by atoms with E-state index in [0.29, 0.717) is 17.9 Å². The molecule has 3 rings (SSSR count). The number of aromatic nitrogens is 3. The zero-order valence-corrected chi connectivity index (χ0v) is 12.8. The van der Waals surface area contributed by atoms with Gasteiger partial charge in [-0.05, 0) is 18.4 Å². The molecule has 0 bridgehead atoms. The highest BCUT2D eigenvalue weighted by atomic mass is 31.2. The average molecular weight is 328 g/mol. The average Bonchev–Trinajstić information content (AvgIpc) is 3.00. The number of hydrogen-bond acceptors (Lipinski definition) is 6. The Bertz CT molecular complexity index is 729. The number of nitrogen functional groups attached to an aromatic ring is 1. The molecule has 1 aliphatic heterocycles. The number of fused-ring (bicyclic) bond motifs is 1. The minimum absolute atomic E-state index is 0.0909. The van der Waals surface area contributed by atoms with Crippen LogP contribution in [0.2, 0.25) is 0 Å². The van der Waals surface area contributed by atoms with Crippen molar-refractivity contribution in [2.45, 2.75) is 25.7 Å². The summed E-state index contributed by atoms with van der Waals surface area (Å²) >= 11 is 0. The molecule has 1 fully saturated rings. The fourth-order valence-electron chi connectivity index (χ4n) is 2.64. The van der Waals surface area contributed by atoms with Crippen molar-refractivity contribution in [2.75, 3.05) is 12.3 Å². The lowest BCUT2D eigenvalue weighted by Gasteiger charge is -2.17. The van der Waals surface area contributed by atoms with E-state index in [1.807, 2.05) is 23.8 Å². The van der Waals surface area contributed by atoms with Gasteiger partial charge < -0.3 is 24.8 Å². The van der Waals surface area contributed by atoms with Crippen LogP contribution in [0.4, 0.5) is 5.82 Å². The van der Waals surface area contributed by atoms with E-state index in [4.69, 9.17) is 20.3 Å². The highest BCUT2D eigenvalue weighted by Gasteiger charge is 2.35. The van der Waals surface area contributed by atoms with Gasteiger partial charge in [-0.15, -0.1) is 0 Å². The Morgan fingerprint density at radius 3 is 3.05 bits per heavy atom. The van der Waals surface area contributed by atoms with Gasteiger partial charge in [-0.3, -0.25) is 4.52 Å². The van der Waals surface area contributed by atoms with Gasteiger partial charge in [0.15, 0.2) is 0 Å². The van der Waals surface area contributed by atoms with Gasteiger partial charge in [-0.25, -0.2) is 14.5 Å². The maximum Gasteiger partial charge on any atom is 0.469 e. The smallest absolute Gasteiger partial charge is 0.383 e. The van der Waals surface area contributed by atoms with Gasteiger partial charge >= 0.3 is 7.82 Å². The number of nitrogens with two attached hydrogens (primary N) is 1. The highest BCUT2D eigenvalue weighted by Crippen LogP contribution is 2.40. The predicted molar refractivity (Wildman–Crippen MR) is 77.6 cm³/mol. The molecule has 0 radical (unpaired) electrons. The Balaban J connectivity index is 1.78. The van der Waals surface area contributed by atoms with Crippen LogP contribution >= 0.6 is 7.82 Å². The van der Waals surface area contributed by atoms with Crippen LogP contribution in [-0.2, 0) is 13.8 Å². The Morgan fingerprint density at radius 2 is 2.32 bits per heavy atom. The van der Waals surface area contributed by atoms with E-state index < -0.39 is 13.9 Å². The second-order valence-electron chi connectivity index (χ2n) is 5.35. The normalized spacial score (nSPS) is 25.9. The first-order valence-electron chi connectivity index (χ1n) is 6.77. The Morgan fingerprint density at radius 1 is 1.55 bits per heavy atom. The van der Waals surface area contributed by atoms with Crippen LogP contribution in [0.5, 0.6) is 0 Å². The number of nitrogens with zero attached hydrogens (tertiary/aromatic N) is 3. The van der Waals surface area contributed by atoms with Crippen LogP contribution in [0.25, 0.3) is 11.0 Å². The number of rotatable bonds is 4. The maximum absolute atomic E-state index is 10.8. The minimum atomic E-state index is -4.49. The van der Waals surface area contributed by atoms with Gasteiger partial charge in [0.25, 0.3) is 0 Å². The Kier molecular flexibility index (Phi) is 3.92. The van der Waals surface area contributed by atoms with Crippen LogP contribution in [-0.4, -0.2) is 37.0 Å². The second-order valence-corrected chi connectivity index (χ2v) is 6.59. The summed E-state index contributed by atoms with van der Waals surface area (Å²) in [6.07, 6.45) is 3.21. The molecule has 2 aromatic heterocycles. The quantitative estimate of drug-likeness (QED) is 0.709. The molecule has 0 aliphatic carbocycles. The Labute approximate surface area is 126 Å². The Hall–Kier alpha value is -1.51. The van der Waals surface area contributed by atoms with Gasteiger partial charge in [0.1, 0.15) is 24.0 Å². The number of phosphoric acid groups is 1. The molecule has 3 heterocycles. The number of anilines is 1. The summed E-state index contributed by atoms with van der Waals surface area (Å²) in [5, 5.41) is 0.744. The van der Waals surface area contributed by atoms with Crippen molar-refractivity contribution < 1.29 is 23.6 Å². The van der Waals surface area contributed by atoms with E-state index in [-0.39, 0.29) is 18.8 Å². The molecule has 0 saturated carbocycles. The molecule has 3 unspecified atom stereocenters. The molecule has 1 saturated heterocycles. The van der Waals surface area contributed by atoms with E-state index in [9.17, 15) is 4.57 Å². The van der Waals surface area contributed by atoms with Gasteiger partial charge in [-0.1, -0.05) is 6.92 Å². The third-order valence-corrected chi connectivity index (χ3v) is 4.28. The van der Waals surface area contributed by atoms with Crippen molar-refractivity contribution in [1.29, 1.82) is 0 Å². The lowest BCUT2D eigenvalue weighted by Crippen LogP contribution is -2.20. The van der Waals surface area contributed by atoms with E-state index in [1.54, 1.807) is 0 Å². The van der Waals surface area contributed by atoms with Crippen molar-refractivity contribution in [1.82, 2.24) is 14.5 Å². The van der Waals surface area contributed by atoms with Crippen LogP contribution < -0.4 is 5.73 Å². The van der Waals surface area contributed by atoms with Gasteiger partial charge in [0.05, 0.1) is 18.1 Å². The summed E-state index contributed by atoms with van der Waals surface area (Å²) in [6.45, 7) is 1.79. The molecular formula is C12H17N4O5P. The fraction of sp³-hybridized carbons (Fsp3) is 0.500. The van der Waals surface area contributed by atoms with Crippen molar-refractivity contribution in [3.63, 3.8) is 0 Å². The third-order valence-electron chi connectivity index (χ3n) is 3.80. The molecule has 2 aromatic rings. The first kappa shape index (κ1) is 15.4. The molecule has 22 heavy (non-hydrogen) atoms. The topological polar surface area (TPSA) is 133 Å². The zero-order chi connectivity index (χ0) is 15.9. The summed E-state index contributed by atoms with van der Waals surface area (Å²) in [7, 11) is -4.49. The SMILES string of the molecule is CC1CC(n2ccc3c(N)ncnc32)OC1COP(=O)(O)O. The summed E-state index contributed by atoms with van der Waals surface area (Å²) in [4.78, 5) is 25.7. The van der Waals surface area contributed by atoms with E-state index in [2.05, 4.69) is 14.5 Å². The molecule has 120 valence electrons. The summed E-state index contributed by atoms with van der Waals surface area (Å²) < 4.78 is 23.0. The van der Waals surface area contributed by atoms with Crippen molar-refractivity contribution in [2.24, 2.45) is 5.92 Å². The second kappa shape index (κ2) is 5.60. The monoisotopic (exact) mass is 328 g/mol. The zero-order valence-electron chi connectivity index (χ0n) is 11.9. The molecule has 10 heteroatoms. The molecular weight excluding hydrogens is 311 g/mol. The van der Waals surface area contributed by atoms with Gasteiger partial charge in [-0.2, -0.15) is 0 Å². The van der Waals surface area contributed by atoms with Gasteiger partial charge in [0.2, 0.25) is 0 Å². The van der Waals surface area contributed by atoms with E-state index >= 15 is 0 Å². The number of phosphoric ester groups is 1. The fourth-order valence-corrected chi connectivity index (χ4v) is 2.98. The number of hydrogen-bond donors (Lipinski definition) is 3. The van der Waals surface area contributed by atoms with Crippen LogP contribution in [0.15, 0.2) is 18.6 Å². The van der Waals surface area contributed by atoms with E-state index in [0.717, 1.165) is 5.39 Å². The first-order chi connectivity index (χ1) is 10.3. The maximum atomic E-state index is 10.8. The third kappa shape index (κ3) is 2.99. The largest absolute Gasteiger partial charge is 0.469 e. The molecule has 4 N–H and O–H groups in total. The standard InChI is InChI=1S/C12H17N4O5P/c1-7-4-10(21-9(7)5-20-22(17,18)19)16-3-2-8-11(13)14-6-15-12(8)16/h2-3,6-7,9-10H,4-5H2,1H3,(H2,13,14,15)(H2,17,18,19). The van der Waals surface area contributed by atoms with E-state index in [1.165, 1.54) is 6.33 Å². The molecule has 9 nitrogen and oxygen atoms in total. The predicted octanol–water partition coefficient (Wildman–Crippen LogP) is 1.05.